The van der Waals surface area contributed by atoms with E-state index in [2.05, 4.69) is 5.32 Å². The van der Waals surface area contributed by atoms with Crippen molar-refractivity contribution in [3.05, 3.63) is 58.6 Å². The van der Waals surface area contributed by atoms with E-state index in [4.69, 9.17) is 0 Å². The quantitative estimate of drug-likeness (QED) is 0.506. The van der Waals surface area contributed by atoms with E-state index in [-0.39, 0.29) is 34.5 Å². The summed E-state index contributed by atoms with van der Waals surface area (Å²) in [5.74, 6) is -0.756. The molecule has 0 bridgehead atoms. The second kappa shape index (κ2) is 8.73. The summed E-state index contributed by atoms with van der Waals surface area (Å²) in [6.45, 7) is 0.256. The topological polar surface area (TPSA) is 144 Å². The van der Waals surface area contributed by atoms with Crippen LogP contribution in [0, 0.1) is 16.0 Å². The second-order valence-electron chi connectivity index (χ2n) is 7.22. The number of nitro groups is 1. The Morgan fingerprint density at radius 1 is 1.03 bits per heavy atom. The van der Waals surface area contributed by atoms with Gasteiger partial charge in [-0.25, -0.2) is 16.8 Å². The highest BCUT2D eigenvalue weighted by Crippen LogP contribution is 2.26. The Morgan fingerprint density at radius 3 is 2.16 bits per heavy atom. The zero-order valence-corrected chi connectivity index (χ0v) is 18.2. The first kappa shape index (κ1) is 22.8. The van der Waals surface area contributed by atoms with Gasteiger partial charge in [0.05, 0.1) is 14.7 Å². The Balaban J connectivity index is 1.63. The van der Waals surface area contributed by atoms with Crippen LogP contribution in [0.25, 0.3) is 0 Å². The highest BCUT2D eigenvalue weighted by atomic mass is 32.2. The molecular weight excluding hydrogens is 446 g/mol. The first-order valence-electron chi connectivity index (χ1n) is 9.34. The summed E-state index contributed by atoms with van der Waals surface area (Å²) in [5, 5.41) is 13.5. The highest BCUT2D eigenvalue weighted by molar-refractivity contribution is 7.90. The number of anilines is 1. The van der Waals surface area contributed by atoms with Crippen molar-refractivity contribution in [1.82, 2.24) is 4.31 Å². The molecule has 166 valence electrons. The van der Waals surface area contributed by atoms with Crippen molar-refractivity contribution in [3.63, 3.8) is 0 Å². The van der Waals surface area contributed by atoms with Crippen molar-refractivity contribution in [2.75, 3.05) is 24.7 Å². The zero-order chi connectivity index (χ0) is 22.8. The molecule has 1 N–H and O–H groups in total. The van der Waals surface area contributed by atoms with Crippen molar-refractivity contribution in [2.45, 2.75) is 22.6 Å². The minimum atomic E-state index is -3.82. The molecule has 0 unspecified atom stereocenters. The molecule has 0 saturated carbocycles. The minimum Gasteiger partial charge on any atom is -0.326 e. The van der Waals surface area contributed by atoms with Crippen LogP contribution in [0.15, 0.2) is 58.3 Å². The predicted octanol–water partition coefficient (Wildman–Crippen LogP) is 2.04. The Kier molecular flexibility index (Phi) is 6.43. The normalized spacial score (nSPS) is 16.0. The highest BCUT2D eigenvalue weighted by Gasteiger charge is 2.32. The largest absolute Gasteiger partial charge is 0.326 e. The number of hydrogen-bond donors (Lipinski definition) is 1. The third kappa shape index (κ3) is 5.27. The van der Waals surface area contributed by atoms with E-state index in [1.54, 1.807) is 6.07 Å². The summed E-state index contributed by atoms with van der Waals surface area (Å²) in [7, 11) is -7.25. The van der Waals surface area contributed by atoms with Crippen molar-refractivity contribution >= 4 is 37.1 Å². The van der Waals surface area contributed by atoms with Gasteiger partial charge in [-0.3, -0.25) is 14.9 Å². The fourth-order valence-corrected chi connectivity index (χ4v) is 5.41. The summed E-state index contributed by atoms with van der Waals surface area (Å²) in [4.78, 5) is 22.8. The number of carbonyl (C=O) groups is 1. The summed E-state index contributed by atoms with van der Waals surface area (Å²) in [6.07, 6.45) is 1.63. The molecule has 31 heavy (non-hydrogen) atoms. The van der Waals surface area contributed by atoms with Crippen LogP contribution >= 0.6 is 0 Å². The summed E-state index contributed by atoms with van der Waals surface area (Å²) >= 11 is 0. The van der Waals surface area contributed by atoms with E-state index in [9.17, 15) is 31.7 Å². The Bertz CT molecular complexity index is 1200. The number of non-ortho nitro benzene ring substituents is 1. The zero-order valence-electron chi connectivity index (χ0n) is 16.6. The van der Waals surface area contributed by atoms with Crippen LogP contribution in [0.2, 0.25) is 0 Å². The van der Waals surface area contributed by atoms with Crippen LogP contribution in [-0.2, 0) is 24.7 Å². The molecule has 0 radical (unpaired) electrons. The molecule has 0 spiro atoms. The number of benzene rings is 2. The van der Waals surface area contributed by atoms with Gasteiger partial charge >= 0.3 is 0 Å². The van der Waals surface area contributed by atoms with Crippen LogP contribution in [0.1, 0.15) is 12.8 Å². The Hall–Kier alpha value is -2.83. The van der Waals surface area contributed by atoms with E-state index in [0.29, 0.717) is 18.5 Å². The van der Waals surface area contributed by atoms with Gasteiger partial charge in [0.2, 0.25) is 15.9 Å². The van der Waals surface area contributed by atoms with Crippen LogP contribution in [0.3, 0.4) is 0 Å². The number of sulfone groups is 1. The van der Waals surface area contributed by atoms with E-state index >= 15 is 0 Å². The lowest BCUT2D eigenvalue weighted by Gasteiger charge is -2.30. The molecule has 1 aliphatic rings. The molecule has 0 aliphatic carbocycles. The van der Waals surface area contributed by atoms with Gasteiger partial charge < -0.3 is 5.32 Å². The minimum absolute atomic E-state index is 0.0144. The van der Waals surface area contributed by atoms with E-state index < -0.39 is 30.7 Å². The lowest BCUT2D eigenvalue weighted by Crippen LogP contribution is -2.41. The third-order valence-electron chi connectivity index (χ3n) is 5.04. The number of rotatable bonds is 6. The first-order valence-corrected chi connectivity index (χ1v) is 12.7. The maximum atomic E-state index is 12.8. The number of nitrogens with one attached hydrogen (secondary N) is 1. The maximum Gasteiger partial charge on any atom is 0.271 e. The average molecular weight is 468 g/mol. The van der Waals surface area contributed by atoms with Gasteiger partial charge in [-0.2, -0.15) is 4.31 Å². The van der Waals surface area contributed by atoms with Crippen molar-refractivity contribution < 1.29 is 26.6 Å². The standard InChI is InChI=1S/C19H21N3O7S2/c1-30(26,27)17-5-7-18(8-6-17)31(28,29)21-11-9-14(10-12-21)19(23)20-15-3-2-4-16(13-15)22(24)25/h2-8,13-14H,9-12H2,1H3,(H,20,23). The number of nitrogens with zero attached hydrogens (tertiary/aromatic N) is 2. The molecule has 3 rings (SSSR count). The number of sulfonamides is 1. The van der Waals surface area contributed by atoms with Gasteiger partial charge in [0, 0.05) is 43.1 Å². The molecule has 1 fully saturated rings. The summed E-state index contributed by atoms with van der Waals surface area (Å²) in [5.41, 5.74) is 0.167. The SMILES string of the molecule is CS(=O)(=O)c1ccc(S(=O)(=O)N2CCC(C(=O)Nc3cccc([N+](=O)[O-])c3)CC2)cc1. The molecular formula is C19H21N3O7S2. The van der Waals surface area contributed by atoms with E-state index in [0.717, 1.165) is 6.26 Å². The maximum absolute atomic E-state index is 12.8. The monoisotopic (exact) mass is 467 g/mol. The van der Waals surface area contributed by atoms with Gasteiger partial charge in [0.15, 0.2) is 9.84 Å². The van der Waals surface area contributed by atoms with Crippen LogP contribution in [0.5, 0.6) is 0 Å². The third-order valence-corrected chi connectivity index (χ3v) is 8.08. The van der Waals surface area contributed by atoms with Gasteiger partial charge in [0.1, 0.15) is 0 Å². The lowest BCUT2D eigenvalue weighted by atomic mass is 9.97. The number of hydrogen-bond acceptors (Lipinski definition) is 7. The fraction of sp³-hybridized carbons (Fsp3) is 0.316. The molecule has 1 heterocycles. The van der Waals surface area contributed by atoms with Gasteiger partial charge in [-0.1, -0.05) is 6.07 Å². The average Bonchev–Trinajstić information content (AvgIpc) is 2.73. The number of nitro benzene ring substituents is 1. The second-order valence-corrected chi connectivity index (χ2v) is 11.2. The number of carbonyl (C=O) groups excluding carboxylic acids is 1. The molecule has 2 aromatic carbocycles. The van der Waals surface area contributed by atoms with Crippen LogP contribution in [-0.4, -0.2) is 51.3 Å². The van der Waals surface area contributed by atoms with Crippen molar-refractivity contribution in [2.24, 2.45) is 5.92 Å². The molecule has 12 heteroatoms. The lowest BCUT2D eigenvalue weighted by molar-refractivity contribution is -0.384. The molecule has 0 atom stereocenters. The van der Waals surface area contributed by atoms with Gasteiger partial charge in [-0.05, 0) is 43.2 Å². The molecule has 1 saturated heterocycles. The van der Waals surface area contributed by atoms with Crippen LogP contribution in [0.4, 0.5) is 11.4 Å². The van der Waals surface area contributed by atoms with Gasteiger partial charge in [-0.15, -0.1) is 0 Å². The molecule has 2 aromatic rings. The Labute approximate surface area is 180 Å². The van der Waals surface area contributed by atoms with Crippen molar-refractivity contribution in [1.29, 1.82) is 0 Å². The fourth-order valence-electron chi connectivity index (χ4n) is 3.31. The van der Waals surface area contributed by atoms with Crippen LogP contribution < -0.4 is 5.32 Å². The van der Waals surface area contributed by atoms with E-state index in [1.807, 2.05) is 0 Å². The van der Waals surface area contributed by atoms with E-state index in [1.165, 1.54) is 46.8 Å². The summed E-state index contributed by atoms with van der Waals surface area (Å²) in [6, 6.07) is 10.6. The smallest absolute Gasteiger partial charge is 0.271 e. The number of piperidine rings is 1. The number of amides is 1. The Morgan fingerprint density at radius 2 is 1.61 bits per heavy atom. The summed E-state index contributed by atoms with van der Waals surface area (Å²) < 4.78 is 50.0. The molecule has 1 aliphatic heterocycles. The van der Waals surface area contributed by atoms with Crippen molar-refractivity contribution in [3.8, 4) is 0 Å². The van der Waals surface area contributed by atoms with Gasteiger partial charge in [0.25, 0.3) is 5.69 Å². The molecule has 10 nitrogen and oxygen atoms in total. The molecule has 0 aromatic heterocycles. The first-order chi connectivity index (χ1) is 14.5. The molecule has 1 amide bonds. The predicted molar refractivity (Wildman–Crippen MR) is 113 cm³/mol.